The van der Waals surface area contributed by atoms with Gasteiger partial charge in [0.1, 0.15) is 5.75 Å². The van der Waals surface area contributed by atoms with Gasteiger partial charge < -0.3 is 10.1 Å². The number of nitro benzene ring substituents is 1. The summed E-state index contributed by atoms with van der Waals surface area (Å²) in [4.78, 5) is 10.4. The Hall–Kier alpha value is -1.92. The Morgan fingerprint density at radius 2 is 2.25 bits per heavy atom. The molecule has 0 aliphatic heterocycles. The Morgan fingerprint density at radius 3 is 2.90 bits per heavy atom. The fourth-order valence-electron chi connectivity index (χ4n) is 1.91. The highest BCUT2D eigenvalue weighted by atomic mass is 32.1. The van der Waals surface area contributed by atoms with Crippen molar-refractivity contribution in [3.63, 3.8) is 0 Å². The lowest BCUT2D eigenvalue weighted by molar-refractivity contribution is -0.384. The van der Waals surface area contributed by atoms with Crippen molar-refractivity contribution < 1.29 is 9.66 Å². The second-order valence-electron chi connectivity index (χ2n) is 4.31. The first-order chi connectivity index (χ1) is 9.70. The van der Waals surface area contributed by atoms with Crippen LogP contribution in [0.5, 0.6) is 5.75 Å². The minimum Gasteiger partial charge on any atom is -0.496 e. The minimum atomic E-state index is -0.395. The molecule has 0 atom stereocenters. The first-order valence-corrected chi connectivity index (χ1v) is 7.18. The number of non-ortho nitro benzene ring substituents is 1. The fraction of sp³-hybridized carbons (Fsp3) is 0.286. The van der Waals surface area contributed by atoms with Crippen molar-refractivity contribution in [3.05, 3.63) is 56.3 Å². The van der Waals surface area contributed by atoms with Crippen LogP contribution in [0.4, 0.5) is 5.69 Å². The van der Waals surface area contributed by atoms with Crippen molar-refractivity contribution in [1.29, 1.82) is 0 Å². The zero-order chi connectivity index (χ0) is 14.4. The first-order valence-electron chi connectivity index (χ1n) is 6.24. The quantitative estimate of drug-likeness (QED) is 0.484. The highest BCUT2D eigenvalue weighted by Crippen LogP contribution is 2.23. The van der Waals surface area contributed by atoms with Crippen molar-refractivity contribution in [2.24, 2.45) is 0 Å². The SMILES string of the molecule is COc1ccc([N+](=O)[O-])cc1CNCCc1ccsc1. The van der Waals surface area contributed by atoms with E-state index in [1.165, 1.54) is 11.6 Å². The van der Waals surface area contributed by atoms with E-state index in [4.69, 9.17) is 4.74 Å². The number of nitro groups is 1. The largest absolute Gasteiger partial charge is 0.496 e. The average molecular weight is 292 g/mol. The molecular formula is C14H16N2O3S. The molecule has 5 nitrogen and oxygen atoms in total. The lowest BCUT2D eigenvalue weighted by Crippen LogP contribution is -2.17. The van der Waals surface area contributed by atoms with E-state index in [1.807, 2.05) is 0 Å². The van der Waals surface area contributed by atoms with Gasteiger partial charge in [-0.15, -0.1) is 0 Å². The molecule has 6 heteroatoms. The van der Waals surface area contributed by atoms with Crippen LogP contribution in [0.15, 0.2) is 35.0 Å². The van der Waals surface area contributed by atoms with E-state index in [-0.39, 0.29) is 5.69 Å². The second-order valence-corrected chi connectivity index (χ2v) is 5.09. The lowest BCUT2D eigenvalue weighted by atomic mass is 10.1. The third-order valence-electron chi connectivity index (χ3n) is 2.96. The Labute approximate surface area is 121 Å². The van der Waals surface area contributed by atoms with Gasteiger partial charge in [-0.2, -0.15) is 11.3 Å². The molecule has 0 saturated carbocycles. The molecule has 0 bridgehead atoms. The topological polar surface area (TPSA) is 64.4 Å². The van der Waals surface area contributed by atoms with Gasteiger partial charge in [-0.05, 0) is 41.4 Å². The molecule has 20 heavy (non-hydrogen) atoms. The summed E-state index contributed by atoms with van der Waals surface area (Å²) < 4.78 is 5.22. The van der Waals surface area contributed by atoms with E-state index in [1.54, 1.807) is 30.6 Å². The van der Waals surface area contributed by atoms with Crippen LogP contribution in [0.2, 0.25) is 0 Å². The molecule has 0 fully saturated rings. The third-order valence-corrected chi connectivity index (χ3v) is 3.69. The molecular weight excluding hydrogens is 276 g/mol. The number of nitrogens with one attached hydrogen (secondary N) is 1. The third kappa shape index (κ3) is 3.79. The molecule has 0 aliphatic rings. The standard InChI is InChI=1S/C14H16N2O3S/c1-19-14-3-2-13(16(17)18)8-12(14)9-15-6-4-11-5-7-20-10-11/h2-3,5,7-8,10,15H,4,6,9H2,1H3. The van der Waals surface area contributed by atoms with Crippen molar-refractivity contribution in [1.82, 2.24) is 5.32 Å². The Kier molecular flexibility index (Phi) is 5.09. The van der Waals surface area contributed by atoms with Crippen LogP contribution in [0.1, 0.15) is 11.1 Å². The maximum absolute atomic E-state index is 10.8. The van der Waals surface area contributed by atoms with E-state index in [0.29, 0.717) is 12.3 Å². The Bertz CT molecular complexity index is 570. The number of thiophene rings is 1. The smallest absolute Gasteiger partial charge is 0.270 e. The molecule has 0 saturated heterocycles. The summed E-state index contributed by atoms with van der Waals surface area (Å²) in [6.45, 7) is 1.37. The second kappa shape index (κ2) is 7.02. The van der Waals surface area contributed by atoms with Gasteiger partial charge in [-0.3, -0.25) is 10.1 Å². The van der Waals surface area contributed by atoms with Gasteiger partial charge in [0.05, 0.1) is 12.0 Å². The zero-order valence-corrected chi connectivity index (χ0v) is 12.0. The first kappa shape index (κ1) is 14.5. The number of benzene rings is 1. The lowest BCUT2D eigenvalue weighted by Gasteiger charge is -2.09. The predicted molar refractivity (Wildman–Crippen MR) is 79.4 cm³/mol. The summed E-state index contributed by atoms with van der Waals surface area (Å²) in [5.41, 5.74) is 2.18. The van der Waals surface area contributed by atoms with Gasteiger partial charge in [0.15, 0.2) is 0 Å². The van der Waals surface area contributed by atoms with Crippen molar-refractivity contribution in [2.45, 2.75) is 13.0 Å². The van der Waals surface area contributed by atoms with Crippen LogP contribution in [-0.2, 0) is 13.0 Å². The van der Waals surface area contributed by atoms with Gasteiger partial charge in [0.25, 0.3) is 5.69 Å². The maximum atomic E-state index is 10.8. The molecule has 0 radical (unpaired) electrons. The van der Waals surface area contributed by atoms with E-state index >= 15 is 0 Å². The van der Waals surface area contributed by atoms with Crippen molar-refractivity contribution >= 4 is 17.0 Å². The summed E-state index contributed by atoms with van der Waals surface area (Å²) in [6, 6.07) is 6.73. The van der Waals surface area contributed by atoms with E-state index in [0.717, 1.165) is 18.5 Å². The zero-order valence-electron chi connectivity index (χ0n) is 11.2. The molecule has 2 rings (SSSR count). The number of nitrogens with zero attached hydrogens (tertiary/aromatic N) is 1. The van der Waals surface area contributed by atoms with Gasteiger partial charge in [0.2, 0.25) is 0 Å². The van der Waals surface area contributed by atoms with E-state index < -0.39 is 4.92 Å². The van der Waals surface area contributed by atoms with Crippen molar-refractivity contribution in [2.75, 3.05) is 13.7 Å². The molecule has 1 aromatic carbocycles. The van der Waals surface area contributed by atoms with Crippen LogP contribution >= 0.6 is 11.3 Å². The summed E-state index contributed by atoms with van der Waals surface area (Å²) >= 11 is 1.68. The molecule has 1 aromatic heterocycles. The molecule has 0 aliphatic carbocycles. The molecule has 1 N–H and O–H groups in total. The van der Waals surface area contributed by atoms with Gasteiger partial charge in [-0.25, -0.2) is 0 Å². The highest BCUT2D eigenvalue weighted by molar-refractivity contribution is 7.07. The number of rotatable bonds is 7. The monoisotopic (exact) mass is 292 g/mol. The predicted octanol–water partition coefficient (Wildman–Crippen LogP) is 3.00. The van der Waals surface area contributed by atoms with Crippen LogP contribution < -0.4 is 10.1 Å². The van der Waals surface area contributed by atoms with E-state index in [9.17, 15) is 10.1 Å². The van der Waals surface area contributed by atoms with Crippen LogP contribution in [0, 0.1) is 10.1 Å². The van der Waals surface area contributed by atoms with Gasteiger partial charge in [-0.1, -0.05) is 0 Å². The Balaban J connectivity index is 1.93. The molecule has 0 spiro atoms. The van der Waals surface area contributed by atoms with Gasteiger partial charge >= 0.3 is 0 Å². The summed E-state index contributed by atoms with van der Waals surface area (Å²) in [5.74, 6) is 0.665. The number of hydrogen-bond acceptors (Lipinski definition) is 5. The average Bonchev–Trinajstić information content (AvgIpc) is 2.96. The van der Waals surface area contributed by atoms with Crippen LogP contribution in [-0.4, -0.2) is 18.6 Å². The summed E-state index contributed by atoms with van der Waals surface area (Å²) in [7, 11) is 1.57. The highest BCUT2D eigenvalue weighted by Gasteiger charge is 2.10. The number of methoxy groups -OCH3 is 1. The minimum absolute atomic E-state index is 0.0837. The molecule has 0 unspecified atom stereocenters. The number of ether oxygens (including phenoxy) is 1. The number of hydrogen-bond donors (Lipinski definition) is 1. The fourth-order valence-corrected chi connectivity index (χ4v) is 2.61. The summed E-state index contributed by atoms with van der Waals surface area (Å²) in [6.07, 6.45) is 0.945. The van der Waals surface area contributed by atoms with Crippen LogP contribution in [0.25, 0.3) is 0 Å². The van der Waals surface area contributed by atoms with Gasteiger partial charge in [0, 0.05) is 24.2 Å². The van der Waals surface area contributed by atoms with Crippen LogP contribution in [0.3, 0.4) is 0 Å². The molecule has 0 amide bonds. The van der Waals surface area contributed by atoms with E-state index in [2.05, 4.69) is 22.1 Å². The molecule has 106 valence electrons. The summed E-state index contributed by atoms with van der Waals surface area (Å²) in [5, 5.41) is 18.2. The normalized spacial score (nSPS) is 10.4. The maximum Gasteiger partial charge on any atom is 0.270 e. The molecule has 2 aromatic rings. The Morgan fingerprint density at radius 1 is 1.40 bits per heavy atom. The molecule has 1 heterocycles. The van der Waals surface area contributed by atoms with Crippen molar-refractivity contribution in [3.8, 4) is 5.75 Å².